The van der Waals surface area contributed by atoms with Crippen LogP contribution >= 0.6 is 45.2 Å². The fraction of sp³-hybridized carbons (Fsp3) is 0.347. The van der Waals surface area contributed by atoms with Crippen molar-refractivity contribution in [3.63, 3.8) is 0 Å². The number of ether oxygens (including phenoxy) is 4. The van der Waals surface area contributed by atoms with E-state index in [1.807, 2.05) is 48.5 Å². The largest absolute Gasteiger partial charge is 0.506 e. The van der Waals surface area contributed by atoms with Gasteiger partial charge >= 0.3 is 7.12 Å². The van der Waals surface area contributed by atoms with Crippen LogP contribution in [0.3, 0.4) is 0 Å². The Kier molecular flexibility index (Phi) is 30.9. The van der Waals surface area contributed by atoms with Crippen LogP contribution in [0.5, 0.6) is 23.0 Å². The Balaban J connectivity index is 0.000000169. The van der Waals surface area contributed by atoms with Crippen molar-refractivity contribution in [1.82, 2.24) is 60.0 Å². The zero-order valence-electron chi connectivity index (χ0n) is 70.4. The van der Waals surface area contributed by atoms with E-state index in [-0.39, 0.29) is 45.7 Å². The Morgan fingerprint density at radius 3 is 1.06 bits per heavy atom. The molecule has 1 N–H and O–H groups in total. The summed E-state index contributed by atoms with van der Waals surface area (Å²) in [6, 6.07) is 59.1. The van der Waals surface area contributed by atoms with E-state index in [9.17, 15) is 5.11 Å². The number of unbranched alkanes of at least 4 members (excludes halogenated alkanes) is 1. The molecule has 1 aliphatic heterocycles. The second-order valence-electron chi connectivity index (χ2n) is 32.1. The Labute approximate surface area is 719 Å². The van der Waals surface area contributed by atoms with Gasteiger partial charge in [-0.3, -0.25) is 19.9 Å². The molecule has 9 heterocycles. The molecule has 4 aromatic carbocycles. The monoisotopic (exact) mass is 1790 g/mol. The Hall–Kier alpha value is -10.0. The fourth-order valence-corrected chi connectivity index (χ4v) is 14.1. The van der Waals surface area contributed by atoms with Gasteiger partial charge < -0.3 is 33.4 Å². The molecular formula is C95H109BI2N12O7. The first-order valence-electron chi connectivity index (χ1n) is 39.8. The van der Waals surface area contributed by atoms with Gasteiger partial charge in [0.2, 0.25) is 0 Å². The van der Waals surface area contributed by atoms with E-state index in [0.29, 0.717) is 90.5 Å². The van der Waals surface area contributed by atoms with Gasteiger partial charge in [0, 0.05) is 71.5 Å². The number of aromatic hydroxyl groups is 1. The highest BCUT2D eigenvalue weighted by Gasteiger charge is 2.52. The lowest BCUT2D eigenvalue weighted by Gasteiger charge is -2.34. The molecule has 4 unspecified atom stereocenters. The van der Waals surface area contributed by atoms with Crippen molar-refractivity contribution in [2.75, 3.05) is 6.61 Å². The summed E-state index contributed by atoms with van der Waals surface area (Å²) in [5.41, 5.74) is 10.8. The summed E-state index contributed by atoms with van der Waals surface area (Å²) < 4.78 is 37.9. The summed E-state index contributed by atoms with van der Waals surface area (Å²) in [4.78, 5) is 43.8. The number of aromatic nitrogens is 12. The normalized spacial score (nSPS) is 14.8. The van der Waals surface area contributed by atoms with Gasteiger partial charge in [0.1, 0.15) is 54.3 Å². The maximum atomic E-state index is 9.40. The minimum atomic E-state index is -0.368. The molecule has 1 aliphatic rings. The summed E-state index contributed by atoms with van der Waals surface area (Å²) in [6.07, 6.45) is 19.2. The van der Waals surface area contributed by atoms with Crippen molar-refractivity contribution in [1.29, 1.82) is 0 Å². The first-order valence-corrected chi connectivity index (χ1v) is 42.0. The second kappa shape index (κ2) is 40.4. The van der Waals surface area contributed by atoms with Crippen molar-refractivity contribution in [3.05, 3.63) is 320 Å². The van der Waals surface area contributed by atoms with E-state index in [2.05, 4.69) is 318 Å². The van der Waals surface area contributed by atoms with Gasteiger partial charge in [-0.15, -0.1) is 10.2 Å². The molecule has 117 heavy (non-hydrogen) atoms. The SMILES string of the molecule is C=C(OCCCC)c1ccc(-c2ccc(C(C)(c3ccc(OCc4ncccn4)cn3)C(C)C)cc2)nn1.CC(C)C(C)(c1ccc(B2OC(C)(C)C(C)(C)O2)cc1)c1ccc(OCc2ncccn2)cn1.CC(C)C(C)(c1ccc(I)cc1)c1ccc(O)cn1.CC(C)C(C)(c1ccc(I)cc1)c1ccc(OCc2ncccn2)cn1. The average molecular weight is 1800 g/mol. The number of nitrogens with zero attached hydrogens (tertiary/aromatic N) is 12. The Morgan fingerprint density at radius 2 is 0.761 bits per heavy atom. The molecule has 4 atom stereocenters. The van der Waals surface area contributed by atoms with Gasteiger partial charge in [-0.25, -0.2) is 29.9 Å². The minimum Gasteiger partial charge on any atom is -0.506 e. The minimum absolute atomic E-state index is 0.155. The maximum Gasteiger partial charge on any atom is 0.494 e. The Morgan fingerprint density at radius 1 is 0.427 bits per heavy atom. The molecule has 22 heteroatoms. The quantitative estimate of drug-likeness (QED) is 0.0208. The molecule has 1 fully saturated rings. The summed E-state index contributed by atoms with van der Waals surface area (Å²) in [6.45, 7) is 42.6. The molecule has 1 saturated heterocycles. The van der Waals surface area contributed by atoms with E-state index in [0.717, 1.165) is 58.1 Å². The topological polar surface area (TPSA) is 230 Å². The van der Waals surface area contributed by atoms with Crippen molar-refractivity contribution >= 4 is 63.5 Å². The summed E-state index contributed by atoms with van der Waals surface area (Å²) in [7, 11) is -0.368. The van der Waals surface area contributed by atoms with Crippen molar-refractivity contribution in [2.45, 2.75) is 183 Å². The number of halogens is 2. The van der Waals surface area contributed by atoms with Crippen LogP contribution in [0.1, 0.15) is 199 Å². The predicted molar refractivity (Wildman–Crippen MR) is 481 cm³/mol. The molecule has 0 aliphatic carbocycles. The third-order valence-electron chi connectivity index (χ3n) is 23.1. The van der Waals surface area contributed by atoms with E-state index in [1.165, 1.54) is 35.6 Å². The number of hydrogen-bond acceptors (Lipinski definition) is 19. The highest BCUT2D eigenvalue weighted by molar-refractivity contribution is 14.1. The van der Waals surface area contributed by atoms with Crippen LogP contribution in [0, 0.1) is 30.8 Å². The molecule has 0 spiro atoms. The summed E-state index contributed by atoms with van der Waals surface area (Å²) in [5.74, 6) is 6.22. The van der Waals surface area contributed by atoms with Crippen LogP contribution in [-0.2, 0) is 55.5 Å². The number of benzene rings is 4. The average Bonchev–Trinajstić information content (AvgIpc) is 1.69. The lowest BCUT2D eigenvalue weighted by Crippen LogP contribution is -2.41. The Bertz CT molecular complexity index is 4990. The van der Waals surface area contributed by atoms with E-state index >= 15 is 0 Å². The molecule has 0 saturated carbocycles. The first kappa shape index (κ1) is 89.3. The van der Waals surface area contributed by atoms with Crippen LogP contribution < -0.4 is 19.7 Å². The second-order valence-corrected chi connectivity index (χ2v) is 34.6. The lowest BCUT2D eigenvalue weighted by molar-refractivity contribution is 0.00578. The van der Waals surface area contributed by atoms with Crippen molar-refractivity contribution < 1.29 is 33.4 Å². The smallest absolute Gasteiger partial charge is 0.494 e. The highest BCUT2D eigenvalue weighted by Crippen LogP contribution is 2.44. The molecule has 0 radical (unpaired) electrons. The molecule has 0 amide bonds. The molecule has 608 valence electrons. The van der Waals surface area contributed by atoms with Crippen LogP contribution in [0.2, 0.25) is 0 Å². The van der Waals surface area contributed by atoms with E-state index < -0.39 is 0 Å². The van der Waals surface area contributed by atoms with Crippen molar-refractivity contribution in [3.8, 4) is 34.3 Å². The van der Waals surface area contributed by atoms with Gasteiger partial charge in [-0.2, -0.15) is 0 Å². The van der Waals surface area contributed by atoms with E-state index in [1.54, 1.807) is 80.0 Å². The van der Waals surface area contributed by atoms with Crippen LogP contribution in [0.4, 0.5) is 0 Å². The van der Waals surface area contributed by atoms with Gasteiger partial charge in [-0.1, -0.05) is 148 Å². The number of rotatable bonds is 28. The van der Waals surface area contributed by atoms with Gasteiger partial charge in [0.25, 0.3) is 0 Å². The zero-order valence-corrected chi connectivity index (χ0v) is 74.7. The van der Waals surface area contributed by atoms with Crippen LogP contribution in [0.15, 0.2) is 244 Å². The van der Waals surface area contributed by atoms with Crippen molar-refractivity contribution in [2.24, 2.45) is 23.7 Å². The summed E-state index contributed by atoms with van der Waals surface area (Å²) >= 11 is 4.64. The first-order chi connectivity index (χ1) is 55.9. The fourth-order valence-electron chi connectivity index (χ4n) is 13.4. The molecule has 13 rings (SSSR count). The van der Waals surface area contributed by atoms with Gasteiger partial charge in [0.15, 0.2) is 17.5 Å². The predicted octanol–water partition coefficient (Wildman–Crippen LogP) is 20.7. The van der Waals surface area contributed by atoms with Gasteiger partial charge in [0.05, 0.1) is 71.1 Å². The van der Waals surface area contributed by atoms with Crippen LogP contribution in [0.25, 0.3) is 17.0 Å². The van der Waals surface area contributed by atoms with Crippen LogP contribution in [-0.4, -0.2) is 90.1 Å². The lowest BCUT2D eigenvalue weighted by atomic mass is 9.69. The summed E-state index contributed by atoms with van der Waals surface area (Å²) in [5, 5.41) is 18.1. The molecular weight excluding hydrogens is 1690 g/mol. The molecule has 19 nitrogen and oxygen atoms in total. The standard InChI is InChI=1S/C31H35N5O2.C27H34BN3O3.C21H22IN3O.C16H18INO/c1-6-7-19-37-23(4)27-14-15-28(36-35-27)24-9-11-25(12-10-24)31(5,22(2)3)29-16-13-26(20-34-29)38-21-30-32-17-8-18-33-30;1-19(2)27(7,23-14-13-22(17-31-23)32-18-24-29-15-8-16-30-24)20-9-11-21(12-10-20)28-33-25(3,4)26(5,6)34-28;1-15(2)21(3,16-5-7-17(22)8-6-16)19-10-9-18(13-25-19)26-14-20-23-11-4-12-24-20;1-11(2)16(3,12-4-6-13(17)7-5-12)15-9-8-14(19)10-18-15/h8-18,20,22H,4,6-7,19,21H2,1-3,5H3;8-17,19H,18H2,1-7H3;4-13,15H,14H2,1-3H3;4-11,19H,1-3H3. The zero-order chi connectivity index (χ0) is 84.1. The number of pyridine rings is 4. The van der Waals surface area contributed by atoms with E-state index in [4.69, 9.17) is 43.2 Å². The van der Waals surface area contributed by atoms with Gasteiger partial charge in [-0.05, 0) is 262 Å². The third kappa shape index (κ3) is 22.2. The molecule has 12 aromatic rings. The highest BCUT2D eigenvalue weighted by atomic mass is 127. The molecule has 8 aromatic heterocycles. The number of hydrogen-bond donors (Lipinski definition) is 1. The maximum absolute atomic E-state index is 9.40. The molecule has 0 bridgehead atoms. The third-order valence-corrected chi connectivity index (χ3v) is 24.5.